The Morgan fingerprint density at radius 1 is 1.78 bits per heavy atom. The number of carboxylic acid groups (broad SMARTS) is 1. The van der Waals surface area contributed by atoms with Gasteiger partial charge >= 0.3 is 0 Å². The first-order chi connectivity index (χ1) is 4.22. The summed E-state index contributed by atoms with van der Waals surface area (Å²) in [6.07, 6.45) is 1.43. The molecule has 0 unspecified atom stereocenters. The van der Waals surface area contributed by atoms with Crippen molar-refractivity contribution in [2.24, 2.45) is 0 Å². The Balaban J connectivity index is 3.54. The topological polar surface area (TPSA) is 43.4 Å². The van der Waals surface area contributed by atoms with Crippen LogP contribution in [0, 0.1) is 0 Å². The van der Waals surface area contributed by atoms with E-state index in [-0.39, 0.29) is 0 Å². The quantitative estimate of drug-likeness (QED) is 0.541. The van der Waals surface area contributed by atoms with Crippen molar-refractivity contribution in [3.05, 3.63) is 0 Å². The van der Waals surface area contributed by atoms with Gasteiger partial charge in [-0.2, -0.15) is 0 Å². The van der Waals surface area contributed by atoms with E-state index in [1.807, 2.05) is 6.92 Å². The number of hydrogen-bond acceptors (Lipinski definition) is 3. The van der Waals surface area contributed by atoms with Gasteiger partial charge in [0, 0.05) is 12.8 Å². The molecular formula is C5H10NO2S-. The highest BCUT2D eigenvalue weighted by atomic mass is 32.2. The maximum Gasteiger partial charge on any atom is 0.147 e. The van der Waals surface area contributed by atoms with E-state index in [0.29, 0.717) is 6.54 Å². The van der Waals surface area contributed by atoms with Crippen LogP contribution < -0.4 is 5.11 Å². The monoisotopic (exact) mass is 148 g/mol. The highest BCUT2D eigenvalue weighted by Crippen LogP contribution is 2.03. The van der Waals surface area contributed by atoms with Crippen molar-refractivity contribution >= 4 is 18.0 Å². The molecular weight excluding hydrogens is 138 g/mol. The molecule has 0 rings (SSSR count). The van der Waals surface area contributed by atoms with Crippen LogP contribution in [0.4, 0.5) is 4.79 Å². The number of hydrogen-bond donors (Lipinski definition) is 0. The molecule has 0 atom stereocenters. The summed E-state index contributed by atoms with van der Waals surface area (Å²) in [6, 6.07) is 0. The second-order valence-electron chi connectivity index (χ2n) is 1.55. The lowest BCUT2D eigenvalue weighted by molar-refractivity contribution is -0.258. The van der Waals surface area contributed by atoms with Gasteiger partial charge in [-0.3, -0.25) is 0 Å². The first-order valence-electron chi connectivity index (χ1n) is 2.75. The van der Waals surface area contributed by atoms with Gasteiger partial charge in [0.1, 0.15) is 6.09 Å². The van der Waals surface area contributed by atoms with Gasteiger partial charge in [0.05, 0.1) is 0 Å². The molecule has 0 radical (unpaired) electrons. The molecule has 0 aromatic heterocycles. The molecule has 0 aromatic carbocycles. The van der Waals surface area contributed by atoms with Gasteiger partial charge in [-0.1, -0.05) is 18.9 Å². The SMILES string of the molecule is CCCN(SC)C(=O)[O-]. The van der Waals surface area contributed by atoms with Crippen molar-refractivity contribution < 1.29 is 9.90 Å². The molecule has 0 N–H and O–H groups in total. The molecule has 4 heteroatoms. The van der Waals surface area contributed by atoms with Crippen LogP contribution in [0.3, 0.4) is 0 Å². The summed E-state index contributed by atoms with van der Waals surface area (Å²) in [4.78, 5) is 10.1. The van der Waals surface area contributed by atoms with Crippen molar-refractivity contribution in [3.8, 4) is 0 Å². The summed E-state index contributed by atoms with van der Waals surface area (Å²) in [5.41, 5.74) is 0. The summed E-state index contributed by atoms with van der Waals surface area (Å²) in [5, 5.41) is 10.1. The summed E-state index contributed by atoms with van der Waals surface area (Å²) in [5.74, 6) is 0. The standard InChI is InChI=1S/C5H11NO2S/c1-3-4-6(9-2)5(7)8/h3-4H2,1-2H3,(H,7,8)/p-1. The average molecular weight is 148 g/mol. The van der Waals surface area contributed by atoms with Crippen LogP contribution in [0.5, 0.6) is 0 Å². The fraction of sp³-hybridized carbons (Fsp3) is 0.800. The smallest absolute Gasteiger partial charge is 0.147 e. The van der Waals surface area contributed by atoms with E-state index in [9.17, 15) is 9.90 Å². The minimum Gasteiger partial charge on any atom is -0.529 e. The van der Waals surface area contributed by atoms with Gasteiger partial charge < -0.3 is 14.2 Å². The normalized spacial score (nSPS) is 9.11. The van der Waals surface area contributed by atoms with Gasteiger partial charge in [-0.15, -0.1) is 0 Å². The third kappa shape index (κ3) is 3.24. The van der Waals surface area contributed by atoms with Gasteiger partial charge in [-0.25, -0.2) is 0 Å². The minimum atomic E-state index is -1.11. The predicted molar refractivity (Wildman–Crippen MR) is 35.9 cm³/mol. The van der Waals surface area contributed by atoms with Crippen LogP contribution in [0.25, 0.3) is 0 Å². The summed E-state index contributed by atoms with van der Waals surface area (Å²) in [6.45, 7) is 2.47. The van der Waals surface area contributed by atoms with E-state index >= 15 is 0 Å². The summed E-state index contributed by atoms with van der Waals surface area (Å²) < 4.78 is 1.19. The Kier molecular flexibility index (Phi) is 4.30. The van der Waals surface area contributed by atoms with E-state index in [1.165, 1.54) is 16.3 Å². The van der Waals surface area contributed by atoms with Crippen LogP contribution in [-0.4, -0.2) is 23.2 Å². The third-order valence-corrected chi connectivity index (χ3v) is 1.62. The molecule has 0 spiro atoms. The lowest BCUT2D eigenvalue weighted by Crippen LogP contribution is -2.36. The van der Waals surface area contributed by atoms with Crippen LogP contribution in [0.1, 0.15) is 13.3 Å². The second-order valence-corrected chi connectivity index (χ2v) is 2.36. The Morgan fingerprint density at radius 2 is 2.33 bits per heavy atom. The zero-order chi connectivity index (χ0) is 7.28. The van der Waals surface area contributed by atoms with E-state index < -0.39 is 6.09 Å². The minimum absolute atomic E-state index is 0.545. The molecule has 0 aliphatic carbocycles. The van der Waals surface area contributed by atoms with Crippen LogP contribution in [0.15, 0.2) is 0 Å². The highest BCUT2D eigenvalue weighted by molar-refractivity contribution is 7.96. The Labute approximate surface area is 59.2 Å². The Morgan fingerprint density at radius 3 is 2.44 bits per heavy atom. The lowest BCUT2D eigenvalue weighted by atomic mass is 10.5. The average Bonchev–Trinajstić information content (AvgIpc) is 1.82. The lowest BCUT2D eigenvalue weighted by Gasteiger charge is -2.20. The molecule has 0 bridgehead atoms. The number of carbonyl (C=O) groups excluding carboxylic acids is 1. The fourth-order valence-corrected chi connectivity index (χ4v) is 0.974. The molecule has 1 amide bonds. The van der Waals surface area contributed by atoms with Crippen molar-refractivity contribution in [1.82, 2.24) is 4.31 Å². The molecule has 0 fully saturated rings. The maximum atomic E-state index is 10.1. The van der Waals surface area contributed by atoms with E-state index in [0.717, 1.165) is 6.42 Å². The molecule has 9 heavy (non-hydrogen) atoms. The maximum absolute atomic E-state index is 10.1. The molecule has 0 heterocycles. The number of carbonyl (C=O) groups is 1. The van der Waals surface area contributed by atoms with Crippen LogP contribution >= 0.6 is 11.9 Å². The van der Waals surface area contributed by atoms with Gasteiger partial charge in [0.2, 0.25) is 0 Å². The third-order valence-electron chi connectivity index (χ3n) is 0.851. The van der Waals surface area contributed by atoms with Crippen molar-refractivity contribution in [1.29, 1.82) is 0 Å². The molecule has 0 saturated heterocycles. The number of amides is 1. The Bertz CT molecular complexity index is 97.0. The molecule has 0 aromatic rings. The predicted octanol–water partition coefficient (Wildman–Crippen LogP) is 0.320. The van der Waals surface area contributed by atoms with Gasteiger partial charge in [0.25, 0.3) is 0 Å². The van der Waals surface area contributed by atoms with Crippen molar-refractivity contribution in [2.75, 3.05) is 12.8 Å². The number of nitrogens with zero attached hydrogens (tertiary/aromatic N) is 1. The molecule has 54 valence electrons. The molecule has 0 saturated carbocycles. The second kappa shape index (κ2) is 4.49. The van der Waals surface area contributed by atoms with Crippen LogP contribution in [-0.2, 0) is 0 Å². The Hall–Kier alpha value is -0.380. The highest BCUT2D eigenvalue weighted by Gasteiger charge is 1.97. The van der Waals surface area contributed by atoms with Crippen LogP contribution in [0.2, 0.25) is 0 Å². The molecule has 0 aliphatic heterocycles. The van der Waals surface area contributed by atoms with Crippen molar-refractivity contribution in [2.45, 2.75) is 13.3 Å². The summed E-state index contributed by atoms with van der Waals surface area (Å²) >= 11 is 1.17. The van der Waals surface area contributed by atoms with Gasteiger partial charge in [-0.05, 0) is 6.42 Å². The zero-order valence-electron chi connectivity index (χ0n) is 5.59. The molecule has 0 aliphatic rings. The molecule has 3 nitrogen and oxygen atoms in total. The van der Waals surface area contributed by atoms with E-state index in [2.05, 4.69) is 0 Å². The zero-order valence-corrected chi connectivity index (χ0v) is 6.40. The largest absolute Gasteiger partial charge is 0.529 e. The summed E-state index contributed by atoms with van der Waals surface area (Å²) in [7, 11) is 0. The first-order valence-corrected chi connectivity index (χ1v) is 3.93. The number of rotatable bonds is 3. The first kappa shape index (κ1) is 8.62. The van der Waals surface area contributed by atoms with Crippen molar-refractivity contribution in [3.63, 3.8) is 0 Å². The van der Waals surface area contributed by atoms with E-state index in [1.54, 1.807) is 6.26 Å². The van der Waals surface area contributed by atoms with Gasteiger partial charge in [0.15, 0.2) is 0 Å². The fourth-order valence-electron chi connectivity index (χ4n) is 0.460. The van der Waals surface area contributed by atoms with E-state index in [4.69, 9.17) is 0 Å².